The summed E-state index contributed by atoms with van der Waals surface area (Å²) in [4.78, 5) is 15.1. The molecule has 6 nitrogen and oxygen atoms in total. The van der Waals surface area contributed by atoms with Crippen LogP contribution in [0.3, 0.4) is 0 Å². The van der Waals surface area contributed by atoms with Crippen molar-refractivity contribution in [2.45, 2.75) is 39.7 Å². The first kappa shape index (κ1) is 19.1. The molecule has 0 aliphatic carbocycles. The number of rotatable bonds is 6. The van der Waals surface area contributed by atoms with Gasteiger partial charge in [-0.25, -0.2) is 0 Å². The van der Waals surface area contributed by atoms with Crippen molar-refractivity contribution in [1.29, 1.82) is 0 Å². The molecule has 0 unspecified atom stereocenters. The van der Waals surface area contributed by atoms with Gasteiger partial charge in [0.15, 0.2) is 10.9 Å². The third-order valence-corrected chi connectivity index (χ3v) is 4.92. The summed E-state index contributed by atoms with van der Waals surface area (Å²) in [5.41, 5.74) is 2.47. The third-order valence-electron chi connectivity index (χ3n) is 4.58. The molecule has 0 bridgehead atoms. The first-order valence-corrected chi connectivity index (χ1v) is 9.50. The molecule has 1 aromatic heterocycles. The maximum atomic E-state index is 13.1. The Labute approximate surface area is 164 Å². The summed E-state index contributed by atoms with van der Waals surface area (Å²) < 4.78 is 5.05. The fourth-order valence-electron chi connectivity index (χ4n) is 3.17. The molecule has 1 aliphatic rings. The minimum Gasteiger partial charge on any atom is -0.360 e. The summed E-state index contributed by atoms with van der Waals surface area (Å²) in [6.45, 7) is 6.64. The zero-order chi connectivity index (χ0) is 19.4. The lowest BCUT2D eigenvalue weighted by Gasteiger charge is -2.38. The Morgan fingerprint density at radius 2 is 2.07 bits per heavy atom. The van der Waals surface area contributed by atoms with Crippen molar-refractivity contribution in [3.63, 3.8) is 0 Å². The Balaban J connectivity index is 1.98. The molecule has 1 aliphatic heterocycles. The van der Waals surface area contributed by atoms with E-state index in [0.717, 1.165) is 30.6 Å². The number of thiocarbonyl (C=S) groups is 1. The van der Waals surface area contributed by atoms with Crippen molar-refractivity contribution in [2.75, 3.05) is 11.9 Å². The Bertz CT molecular complexity index is 860. The molecule has 142 valence electrons. The number of nitrogens with one attached hydrogen (secondary N) is 2. The highest BCUT2D eigenvalue weighted by Crippen LogP contribution is 2.31. The van der Waals surface area contributed by atoms with Crippen molar-refractivity contribution in [3.8, 4) is 0 Å². The molecule has 2 heterocycles. The zero-order valence-electron chi connectivity index (χ0n) is 15.8. The summed E-state index contributed by atoms with van der Waals surface area (Å²) in [5, 5.41) is 10.7. The van der Waals surface area contributed by atoms with Gasteiger partial charge in [-0.2, -0.15) is 0 Å². The van der Waals surface area contributed by atoms with E-state index in [-0.39, 0.29) is 11.9 Å². The molecule has 0 spiro atoms. The Hall–Kier alpha value is -2.67. The van der Waals surface area contributed by atoms with E-state index in [1.165, 1.54) is 0 Å². The monoisotopic (exact) mass is 384 g/mol. The van der Waals surface area contributed by atoms with Crippen molar-refractivity contribution < 1.29 is 9.32 Å². The Morgan fingerprint density at radius 1 is 1.33 bits per heavy atom. The summed E-state index contributed by atoms with van der Waals surface area (Å²) in [7, 11) is 0. The molecule has 1 amide bonds. The lowest BCUT2D eigenvalue weighted by Crippen LogP contribution is -2.48. The number of carbonyl (C=O) groups excluding carboxylic acids is 1. The molecule has 0 fully saturated rings. The number of amides is 1. The molecule has 2 N–H and O–H groups in total. The van der Waals surface area contributed by atoms with E-state index >= 15 is 0 Å². The molecule has 2 aromatic rings. The standard InChI is InChI=1S/C20H24N4O2S/c1-4-5-11-24-14(3)17(19(25)21-16-12-13(2)26-23-16)18(22-20(24)27)15-9-7-6-8-10-15/h6-10,12,18H,4-5,11H2,1-3H3,(H,22,27)(H,21,23,25)/t18-/m0/s1. The summed E-state index contributed by atoms with van der Waals surface area (Å²) >= 11 is 5.59. The van der Waals surface area contributed by atoms with E-state index < -0.39 is 0 Å². The average molecular weight is 385 g/mol. The number of aromatic nitrogens is 1. The molecule has 7 heteroatoms. The van der Waals surface area contributed by atoms with E-state index in [4.69, 9.17) is 16.7 Å². The Morgan fingerprint density at radius 3 is 2.70 bits per heavy atom. The highest BCUT2D eigenvalue weighted by Gasteiger charge is 2.33. The Kier molecular flexibility index (Phi) is 5.91. The van der Waals surface area contributed by atoms with Crippen LogP contribution in [0.25, 0.3) is 0 Å². The predicted octanol–water partition coefficient (Wildman–Crippen LogP) is 3.93. The molecule has 3 rings (SSSR count). The predicted molar refractivity (Wildman–Crippen MR) is 109 cm³/mol. The maximum Gasteiger partial charge on any atom is 0.257 e. The minimum atomic E-state index is -0.315. The van der Waals surface area contributed by atoms with E-state index in [1.54, 1.807) is 13.0 Å². The summed E-state index contributed by atoms with van der Waals surface area (Å²) in [6, 6.07) is 11.2. The molecule has 1 atom stereocenters. The molecular formula is C20H24N4O2S. The van der Waals surface area contributed by atoms with Crippen molar-refractivity contribution in [2.24, 2.45) is 0 Å². The number of hydrogen-bond acceptors (Lipinski definition) is 4. The fourth-order valence-corrected chi connectivity index (χ4v) is 3.51. The number of benzene rings is 1. The minimum absolute atomic E-state index is 0.217. The first-order valence-electron chi connectivity index (χ1n) is 9.09. The molecule has 0 radical (unpaired) electrons. The van der Waals surface area contributed by atoms with Gasteiger partial charge in [0.25, 0.3) is 5.91 Å². The number of nitrogens with zero attached hydrogens (tertiary/aromatic N) is 2. The molecule has 27 heavy (non-hydrogen) atoms. The second-order valence-corrected chi connectivity index (χ2v) is 6.96. The number of hydrogen-bond donors (Lipinski definition) is 2. The van der Waals surface area contributed by atoms with E-state index in [1.807, 2.05) is 42.2 Å². The number of unbranched alkanes of at least 4 members (excludes halogenated alkanes) is 1. The molecule has 0 saturated carbocycles. The van der Waals surface area contributed by atoms with E-state index in [0.29, 0.717) is 22.3 Å². The average Bonchev–Trinajstić information content (AvgIpc) is 3.06. The van der Waals surface area contributed by atoms with Gasteiger partial charge in [0.1, 0.15) is 5.76 Å². The molecular weight excluding hydrogens is 360 g/mol. The second-order valence-electron chi connectivity index (χ2n) is 6.57. The number of carbonyl (C=O) groups is 1. The van der Waals surface area contributed by atoms with Gasteiger partial charge in [-0.15, -0.1) is 0 Å². The number of allylic oxidation sites excluding steroid dienone is 1. The van der Waals surface area contributed by atoms with Gasteiger partial charge in [0.05, 0.1) is 11.6 Å². The van der Waals surface area contributed by atoms with Crippen molar-refractivity contribution in [3.05, 3.63) is 59.0 Å². The first-order chi connectivity index (χ1) is 13.0. The van der Waals surface area contributed by atoms with Crippen LogP contribution in [0.2, 0.25) is 0 Å². The molecule has 0 saturated heterocycles. The van der Waals surface area contributed by atoms with Crippen LogP contribution in [0, 0.1) is 6.92 Å². The topological polar surface area (TPSA) is 70.4 Å². The maximum absolute atomic E-state index is 13.1. The lowest BCUT2D eigenvalue weighted by atomic mass is 9.94. The van der Waals surface area contributed by atoms with Crippen LogP contribution < -0.4 is 10.6 Å². The molecule has 1 aromatic carbocycles. The van der Waals surface area contributed by atoms with Gasteiger partial charge in [0, 0.05) is 18.3 Å². The fraction of sp³-hybridized carbons (Fsp3) is 0.350. The van der Waals surface area contributed by atoms with Gasteiger partial charge < -0.3 is 20.1 Å². The highest BCUT2D eigenvalue weighted by atomic mass is 32.1. The normalized spacial score (nSPS) is 17.1. The quantitative estimate of drug-likeness (QED) is 0.736. The highest BCUT2D eigenvalue weighted by molar-refractivity contribution is 7.80. The van der Waals surface area contributed by atoms with Gasteiger partial charge >= 0.3 is 0 Å². The number of anilines is 1. The summed E-state index contributed by atoms with van der Waals surface area (Å²) in [5.74, 6) is 0.826. The SMILES string of the molecule is CCCCN1C(=S)N[C@@H](c2ccccc2)C(C(=O)Nc2cc(C)on2)=C1C. The lowest BCUT2D eigenvalue weighted by molar-refractivity contribution is -0.113. The van der Waals surface area contributed by atoms with Gasteiger partial charge in [-0.1, -0.05) is 48.8 Å². The number of aryl methyl sites for hydroxylation is 1. The van der Waals surface area contributed by atoms with E-state index in [9.17, 15) is 4.79 Å². The van der Waals surface area contributed by atoms with Crippen LogP contribution in [0.1, 0.15) is 44.1 Å². The van der Waals surface area contributed by atoms with Crippen LogP contribution in [-0.4, -0.2) is 27.6 Å². The van der Waals surface area contributed by atoms with Gasteiger partial charge in [-0.05, 0) is 38.0 Å². The smallest absolute Gasteiger partial charge is 0.257 e. The second kappa shape index (κ2) is 8.35. The van der Waals surface area contributed by atoms with Gasteiger partial charge in [-0.3, -0.25) is 4.79 Å². The van der Waals surface area contributed by atoms with Crippen molar-refractivity contribution >= 4 is 29.1 Å². The van der Waals surface area contributed by atoms with Crippen LogP contribution >= 0.6 is 12.2 Å². The summed E-state index contributed by atoms with van der Waals surface area (Å²) in [6.07, 6.45) is 2.04. The largest absolute Gasteiger partial charge is 0.360 e. The van der Waals surface area contributed by atoms with E-state index in [2.05, 4.69) is 22.7 Å². The zero-order valence-corrected chi connectivity index (χ0v) is 16.6. The van der Waals surface area contributed by atoms with Crippen molar-refractivity contribution in [1.82, 2.24) is 15.4 Å². The third kappa shape index (κ3) is 4.19. The van der Waals surface area contributed by atoms with Crippen LogP contribution in [-0.2, 0) is 4.79 Å². The van der Waals surface area contributed by atoms with Crippen LogP contribution in [0.4, 0.5) is 5.82 Å². The van der Waals surface area contributed by atoms with Gasteiger partial charge in [0.2, 0.25) is 0 Å². The van der Waals surface area contributed by atoms with Crippen LogP contribution in [0.15, 0.2) is 52.2 Å². The van der Waals surface area contributed by atoms with Crippen LogP contribution in [0.5, 0.6) is 0 Å².